The third kappa shape index (κ3) is 13.2. The maximum Gasteiger partial charge on any atom is 0.163 e. The maximum atomic E-state index is 10.7. The van der Waals surface area contributed by atoms with Crippen LogP contribution >= 0.6 is 0 Å². The van der Waals surface area contributed by atoms with Crippen molar-refractivity contribution in [3.05, 3.63) is 54.6 Å². The predicted octanol–water partition coefficient (Wildman–Crippen LogP) is 8.51. The third-order valence-electron chi connectivity index (χ3n) is 10.2. The van der Waals surface area contributed by atoms with Crippen molar-refractivity contribution in [1.29, 1.82) is 0 Å². The molecule has 3 aliphatic rings. The third-order valence-corrected chi connectivity index (χ3v) is 10.2. The Morgan fingerprint density at radius 1 is 0.745 bits per heavy atom. The van der Waals surface area contributed by atoms with Crippen LogP contribution in [0.25, 0.3) is 0 Å². The molecule has 1 aromatic rings. The van der Waals surface area contributed by atoms with E-state index in [4.69, 9.17) is 37.9 Å². The van der Waals surface area contributed by atoms with E-state index in [2.05, 4.69) is 39.5 Å². The number of aliphatic hydroxyl groups is 1. The van der Waals surface area contributed by atoms with Gasteiger partial charge >= 0.3 is 0 Å². The molecule has 3 saturated heterocycles. The summed E-state index contributed by atoms with van der Waals surface area (Å²) in [5.41, 5.74) is 1.12. The van der Waals surface area contributed by atoms with E-state index >= 15 is 0 Å². The van der Waals surface area contributed by atoms with Gasteiger partial charge < -0.3 is 43.0 Å². The van der Waals surface area contributed by atoms with Gasteiger partial charge in [0.1, 0.15) is 5.75 Å². The molecule has 0 saturated carbocycles. The van der Waals surface area contributed by atoms with Crippen molar-refractivity contribution < 1.29 is 43.0 Å². The number of methoxy groups -OCH3 is 1. The number of rotatable bonds is 16. The lowest BCUT2D eigenvalue weighted by Gasteiger charge is -2.46. The second-order valence-corrected chi connectivity index (χ2v) is 16.7. The summed E-state index contributed by atoms with van der Waals surface area (Å²) in [5, 5.41) is 10.7. The molecule has 4 rings (SSSR count). The van der Waals surface area contributed by atoms with Crippen molar-refractivity contribution in [3.63, 3.8) is 0 Å². The highest BCUT2D eigenvalue weighted by atomic mass is 16.7. The molecule has 0 radical (unpaired) electrons. The highest BCUT2D eigenvalue weighted by Gasteiger charge is 2.43. The monoisotopic (exact) mass is 716 g/mol. The van der Waals surface area contributed by atoms with E-state index < -0.39 is 23.5 Å². The molecule has 3 heterocycles. The van der Waals surface area contributed by atoms with Crippen LogP contribution in [-0.2, 0) is 39.8 Å². The molecule has 9 heteroatoms. The van der Waals surface area contributed by atoms with Gasteiger partial charge in [-0.3, -0.25) is 0 Å². The van der Waals surface area contributed by atoms with E-state index in [0.29, 0.717) is 25.4 Å². The van der Waals surface area contributed by atoms with Crippen molar-refractivity contribution in [2.24, 2.45) is 17.8 Å². The lowest BCUT2D eigenvalue weighted by Crippen LogP contribution is -2.51. The molecule has 1 aromatic carbocycles. The number of ether oxygens (including phenoxy) is 8. The van der Waals surface area contributed by atoms with Crippen LogP contribution in [0.15, 0.2) is 49.1 Å². The van der Waals surface area contributed by atoms with Gasteiger partial charge in [0, 0.05) is 44.4 Å². The minimum Gasteiger partial charge on any atom is -0.497 e. The second-order valence-electron chi connectivity index (χ2n) is 16.7. The lowest BCUT2D eigenvalue weighted by atomic mass is 9.91. The van der Waals surface area contributed by atoms with Crippen molar-refractivity contribution >= 4 is 0 Å². The minimum atomic E-state index is -0.746. The van der Waals surface area contributed by atoms with Crippen molar-refractivity contribution in [1.82, 2.24) is 0 Å². The molecule has 0 aromatic heterocycles. The summed E-state index contributed by atoms with van der Waals surface area (Å²) < 4.78 is 50.2. The Morgan fingerprint density at radius 3 is 1.75 bits per heavy atom. The smallest absolute Gasteiger partial charge is 0.163 e. The fourth-order valence-electron chi connectivity index (χ4n) is 7.93. The Morgan fingerprint density at radius 2 is 1.24 bits per heavy atom. The zero-order valence-corrected chi connectivity index (χ0v) is 33.3. The molecule has 51 heavy (non-hydrogen) atoms. The van der Waals surface area contributed by atoms with E-state index in [-0.39, 0.29) is 54.6 Å². The van der Waals surface area contributed by atoms with E-state index in [1.54, 1.807) is 13.2 Å². The van der Waals surface area contributed by atoms with E-state index in [1.807, 2.05) is 72.7 Å². The summed E-state index contributed by atoms with van der Waals surface area (Å²) in [6, 6.07) is 8.04. The van der Waals surface area contributed by atoms with Crippen LogP contribution in [-0.4, -0.2) is 78.4 Å². The summed E-state index contributed by atoms with van der Waals surface area (Å²) in [5.74, 6) is -0.831. The van der Waals surface area contributed by atoms with Crippen LogP contribution < -0.4 is 4.74 Å². The van der Waals surface area contributed by atoms with Gasteiger partial charge in [-0.05, 0) is 71.1 Å². The first-order chi connectivity index (χ1) is 23.9. The maximum absolute atomic E-state index is 10.7. The Balaban J connectivity index is 1.35. The molecule has 0 bridgehead atoms. The van der Waals surface area contributed by atoms with Crippen LogP contribution in [0.5, 0.6) is 5.75 Å². The standard InChI is InChI=1S/C42H68O9/c1-13-28(4)38(43)25-37-24-36(50-42(10,11)51-37)23-35-22-34(48-41(8,9)49-35)21-33-20-32(46-40(6,7)47-33)17-14-29(5)39(27(2)3)45-26-30-15-18-31(44-12)19-16-30/h13-19,27-29,32-39,43H,1,20-26H2,2-12H3/b17-14+/t28-,29-,32-,33-,34+,35-,36+,37+,38+,39-/m0/s1. The van der Waals surface area contributed by atoms with Gasteiger partial charge in [-0.25, -0.2) is 0 Å². The van der Waals surface area contributed by atoms with Gasteiger partial charge in [-0.15, -0.1) is 6.58 Å². The van der Waals surface area contributed by atoms with Gasteiger partial charge in [0.05, 0.1) is 62.5 Å². The average Bonchev–Trinajstić information content (AvgIpc) is 3.01. The van der Waals surface area contributed by atoms with Gasteiger partial charge in [-0.2, -0.15) is 0 Å². The number of hydrogen-bond donors (Lipinski definition) is 1. The van der Waals surface area contributed by atoms with Gasteiger partial charge in [0.15, 0.2) is 17.4 Å². The van der Waals surface area contributed by atoms with Gasteiger partial charge in [-0.1, -0.05) is 58.1 Å². The summed E-state index contributed by atoms with van der Waals surface area (Å²) in [6.07, 6.45) is 9.56. The molecule has 0 unspecified atom stereocenters. The number of hydrogen-bond acceptors (Lipinski definition) is 9. The fraction of sp³-hybridized carbons (Fsp3) is 0.762. The molecule has 1 N–H and O–H groups in total. The Bertz CT molecular complexity index is 1240. The highest BCUT2D eigenvalue weighted by Crippen LogP contribution is 2.38. The Kier molecular flexibility index (Phi) is 14.8. The zero-order chi connectivity index (χ0) is 37.6. The topological polar surface area (TPSA) is 94.1 Å². The summed E-state index contributed by atoms with van der Waals surface area (Å²) >= 11 is 0. The molecule has 10 atom stereocenters. The van der Waals surface area contributed by atoms with E-state index in [0.717, 1.165) is 37.0 Å². The molecule has 9 nitrogen and oxygen atoms in total. The van der Waals surface area contributed by atoms with Crippen molar-refractivity contribution in [2.45, 2.75) is 181 Å². The van der Waals surface area contributed by atoms with Crippen molar-refractivity contribution in [2.75, 3.05) is 7.11 Å². The predicted molar refractivity (Wildman–Crippen MR) is 199 cm³/mol. The first-order valence-corrected chi connectivity index (χ1v) is 19.2. The van der Waals surface area contributed by atoms with Gasteiger partial charge in [0.25, 0.3) is 0 Å². The average molecular weight is 717 g/mol. The largest absolute Gasteiger partial charge is 0.497 e. The number of benzene rings is 1. The molecule has 3 fully saturated rings. The molecule has 3 aliphatic heterocycles. The lowest BCUT2D eigenvalue weighted by molar-refractivity contribution is -0.333. The van der Waals surface area contributed by atoms with Crippen molar-refractivity contribution in [3.8, 4) is 5.75 Å². The molecular weight excluding hydrogens is 648 g/mol. The normalized spacial score (nSPS) is 31.5. The highest BCUT2D eigenvalue weighted by molar-refractivity contribution is 5.26. The fourth-order valence-corrected chi connectivity index (χ4v) is 7.93. The summed E-state index contributed by atoms with van der Waals surface area (Å²) in [6.45, 7) is 24.8. The first kappa shape index (κ1) is 41.9. The zero-order valence-electron chi connectivity index (χ0n) is 33.3. The number of aliphatic hydroxyl groups excluding tert-OH is 1. The van der Waals surface area contributed by atoms with Crippen LogP contribution in [0.4, 0.5) is 0 Å². The second kappa shape index (κ2) is 18.0. The van der Waals surface area contributed by atoms with Crippen LogP contribution in [0.3, 0.4) is 0 Å². The van der Waals surface area contributed by atoms with Crippen LogP contribution in [0, 0.1) is 17.8 Å². The minimum absolute atomic E-state index is 0.00372. The van der Waals surface area contributed by atoms with Crippen LogP contribution in [0.1, 0.15) is 113 Å². The summed E-state index contributed by atoms with van der Waals surface area (Å²) in [4.78, 5) is 0. The first-order valence-electron chi connectivity index (χ1n) is 19.2. The Hall–Kier alpha value is -1.82. The van der Waals surface area contributed by atoms with Crippen LogP contribution in [0.2, 0.25) is 0 Å². The molecule has 0 spiro atoms. The molecule has 290 valence electrons. The molecular formula is C42H68O9. The molecule has 0 aliphatic carbocycles. The summed E-state index contributed by atoms with van der Waals surface area (Å²) in [7, 11) is 1.68. The molecule has 0 amide bonds. The SMILES string of the molecule is C=C[C@H](C)[C@H](O)C[C@H]1C[C@@H](C[C@@H]2C[C@@H](C[C@@H]3C[C@H](/C=C/[C@H](C)[C@@H](OCc4ccc(OC)cc4)C(C)C)OC(C)(C)O3)OC(C)(C)O2)OC(C)(C)O1. The quantitative estimate of drug-likeness (QED) is 0.169. The van der Waals surface area contributed by atoms with E-state index in [9.17, 15) is 5.11 Å². The van der Waals surface area contributed by atoms with E-state index in [1.165, 1.54) is 0 Å². The van der Waals surface area contributed by atoms with Gasteiger partial charge in [0.2, 0.25) is 0 Å². The Labute approximate surface area is 308 Å².